The number of nitriles is 1. The van der Waals surface area contributed by atoms with Gasteiger partial charge in [-0.25, -0.2) is 0 Å². The molecule has 0 aromatic heterocycles. The zero-order valence-corrected chi connectivity index (χ0v) is 6.15. The minimum atomic E-state index is 1.02. The van der Waals surface area contributed by atoms with E-state index in [1.165, 1.54) is 5.57 Å². The van der Waals surface area contributed by atoms with Crippen LogP contribution >= 0.6 is 0 Å². The van der Waals surface area contributed by atoms with Crippen LogP contribution in [0.5, 0.6) is 0 Å². The summed E-state index contributed by atoms with van der Waals surface area (Å²) in [5, 5.41) is 8.27. The van der Waals surface area contributed by atoms with Crippen LogP contribution in [0.1, 0.15) is 33.1 Å². The Balaban J connectivity index is 3.70. The quantitative estimate of drug-likeness (QED) is 0.529. The molecule has 0 aliphatic heterocycles. The monoisotopic (exact) mass is 123 g/mol. The van der Waals surface area contributed by atoms with E-state index in [1.54, 1.807) is 6.08 Å². The summed E-state index contributed by atoms with van der Waals surface area (Å²) in [6.07, 6.45) is 4.89. The maximum Gasteiger partial charge on any atom is 0.0911 e. The summed E-state index contributed by atoms with van der Waals surface area (Å²) in [5.41, 5.74) is 1.26. The first-order chi connectivity index (χ1) is 4.35. The van der Waals surface area contributed by atoms with E-state index >= 15 is 0 Å². The third-order valence-electron chi connectivity index (χ3n) is 1.29. The van der Waals surface area contributed by atoms with Crippen molar-refractivity contribution in [3.8, 4) is 6.07 Å². The lowest BCUT2D eigenvalue weighted by atomic mass is 10.1. The molecule has 0 rings (SSSR count). The van der Waals surface area contributed by atoms with Crippen molar-refractivity contribution >= 4 is 0 Å². The second-order valence-electron chi connectivity index (χ2n) is 2.04. The van der Waals surface area contributed by atoms with Gasteiger partial charge in [-0.2, -0.15) is 5.26 Å². The molecular weight excluding hydrogens is 110 g/mol. The van der Waals surface area contributed by atoms with Crippen molar-refractivity contribution < 1.29 is 0 Å². The van der Waals surface area contributed by atoms with Gasteiger partial charge in [-0.05, 0) is 12.8 Å². The maximum absolute atomic E-state index is 8.27. The molecule has 0 unspecified atom stereocenters. The van der Waals surface area contributed by atoms with Gasteiger partial charge in [0.15, 0.2) is 0 Å². The molecule has 0 aliphatic carbocycles. The van der Waals surface area contributed by atoms with Crippen molar-refractivity contribution in [3.63, 3.8) is 0 Å². The Morgan fingerprint density at radius 3 is 2.56 bits per heavy atom. The Hall–Kier alpha value is -0.770. The molecule has 0 heterocycles. The van der Waals surface area contributed by atoms with Gasteiger partial charge in [0.25, 0.3) is 0 Å². The lowest BCUT2D eigenvalue weighted by Crippen LogP contribution is -1.77. The lowest BCUT2D eigenvalue weighted by molar-refractivity contribution is 0.859. The van der Waals surface area contributed by atoms with Crippen molar-refractivity contribution in [2.75, 3.05) is 0 Å². The minimum Gasteiger partial charge on any atom is -0.193 e. The predicted molar refractivity (Wildman–Crippen MR) is 38.9 cm³/mol. The third kappa shape index (κ3) is 3.78. The van der Waals surface area contributed by atoms with Crippen LogP contribution < -0.4 is 0 Å². The summed E-state index contributed by atoms with van der Waals surface area (Å²) >= 11 is 0. The Morgan fingerprint density at radius 1 is 1.56 bits per heavy atom. The summed E-state index contributed by atoms with van der Waals surface area (Å²) in [7, 11) is 0. The normalized spacial score (nSPS) is 11.0. The molecule has 0 N–H and O–H groups in total. The van der Waals surface area contributed by atoms with E-state index in [2.05, 4.69) is 13.8 Å². The van der Waals surface area contributed by atoms with Crippen LogP contribution in [0.25, 0.3) is 0 Å². The van der Waals surface area contributed by atoms with E-state index in [9.17, 15) is 0 Å². The van der Waals surface area contributed by atoms with Crippen molar-refractivity contribution in [2.45, 2.75) is 33.1 Å². The molecular formula is C8H13N. The Bertz CT molecular complexity index is 128. The molecule has 0 atom stereocenters. The standard InChI is InChI=1S/C8H13N/c1-3-5-8(4-2)6-7-9/h6H,3-5H2,1-2H3. The SMILES string of the molecule is CCCC(=CC#N)CC. The smallest absolute Gasteiger partial charge is 0.0911 e. The van der Waals surface area contributed by atoms with E-state index in [0.717, 1.165) is 19.3 Å². The first-order valence-electron chi connectivity index (χ1n) is 3.42. The first-order valence-corrected chi connectivity index (χ1v) is 3.42. The highest BCUT2D eigenvalue weighted by atomic mass is 14.2. The molecule has 50 valence electrons. The zero-order valence-electron chi connectivity index (χ0n) is 6.15. The fraction of sp³-hybridized carbons (Fsp3) is 0.625. The minimum absolute atomic E-state index is 1.02. The summed E-state index contributed by atoms with van der Waals surface area (Å²) in [4.78, 5) is 0. The van der Waals surface area contributed by atoms with Gasteiger partial charge in [-0.1, -0.05) is 25.8 Å². The van der Waals surface area contributed by atoms with Crippen molar-refractivity contribution in [1.29, 1.82) is 5.26 Å². The van der Waals surface area contributed by atoms with E-state index in [-0.39, 0.29) is 0 Å². The van der Waals surface area contributed by atoms with Crippen LogP contribution in [-0.2, 0) is 0 Å². The Morgan fingerprint density at radius 2 is 2.22 bits per heavy atom. The Labute approximate surface area is 57.0 Å². The van der Waals surface area contributed by atoms with Crippen LogP contribution in [0.4, 0.5) is 0 Å². The largest absolute Gasteiger partial charge is 0.193 e. The fourth-order valence-electron chi connectivity index (χ4n) is 0.763. The van der Waals surface area contributed by atoms with E-state index in [1.807, 2.05) is 6.07 Å². The van der Waals surface area contributed by atoms with Gasteiger partial charge in [0.2, 0.25) is 0 Å². The van der Waals surface area contributed by atoms with Gasteiger partial charge >= 0.3 is 0 Å². The van der Waals surface area contributed by atoms with Gasteiger partial charge in [-0.15, -0.1) is 0 Å². The fourth-order valence-corrected chi connectivity index (χ4v) is 0.763. The van der Waals surface area contributed by atoms with Crippen LogP contribution in [0.2, 0.25) is 0 Å². The second kappa shape index (κ2) is 5.37. The third-order valence-corrected chi connectivity index (χ3v) is 1.29. The molecule has 0 saturated heterocycles. The molecule has 0 aromatic carbocycles. The van der Waals surface area contributed by atoms with Crippen LogP contribution in [0, 0.1) is 11.3 Å². The van der Waals surface area contributed by atoms with E-state index in [4.69, 9.17) is 5.26 Å². The molecule has 0 aliphatic rings. The van der Waals surface area contributed by atoms with Crippen LogP contribution in [0.15, 0.2) is 11.6 Å². The molecule has 0 saturated carbocycles. The van der Waals surface area contributed by atoms with Gasteiger partial charge in [-0.3, -0.25) is 0 Å². The highest BCUT2D eigenvalue weighted by Crippen LogP contribution is 2.07. The summed E-state index contributed by atoms with van der Waals surface area (Å²) in [6, 6.07) is 2.04. The number of rotatable bonds is 3. The van der Waals surface area contributed by atoms with E-state index in [0.29, 0.717) is 0 Å². The average molecular weight is 123 g/mol. The van der Waals surface area contributed by atoms with Gasteiger partial charge in [0, 0.05) is 6.08 Å². The second-order valence-corrected chi connectivity index (χ2v) is 2.04. The molecule has 9 heavy (non-hydrogen) atoms. The van der Waals surface area contributed by atoms with Gasteiger partial charge < -0.3 is 0 Å². The van der Waals surface area contributed by atoms with Gasteiger partial charge in [0.1, 0.15) is 0 Å². The summed E-state index contributed by atoms with van der Waals surface area (Å²) < 4.78 is 0. The van der Waals surface area contributed by atoms with Gasteiger partial charge in [0.05, 0.1) is 6.07 Å². The number of nitrogens with zero attached hydrogens (tertiary/aromatic N) is 1. The Kier molecular flexibility index (Phi) is 4.91. The molecule has 0 spiro atoms. The molecule has 0 amide bonds. The number of hydrogen-bond donors (Lipinski definition) is 0. The van der Waals surface area contributed by atoms with E-state index < -0.39 is 0 Å². The summed E-state index contributed by atoms with van der Waals surface area (Å²) in [5.74, 6) is 0. The molecule has 0 aromatic rings. The maximum atomic E-state index is 8.27. The molecule has 1 nitrogen and oxygen atoms in total. The molecule has 1 heteroatoms. The first kappa shape index (κ1) is 8.23. The molecule has 0 radical (unpaired) electrons. The predicted octanol–water partition coefficient (Wildman–Crippen LogP) is 2.65. The van der Waals surface area contributed by atoms with Crippen molar-refractivity contribution in [2.24, 2.45) is 0 Å². The number of hydrogen-bond acceptors (Lipinski definition) is 1. The highest BCUT2D eigenvalue weighted by Gasteiger charge is 1.89. The van der Waals surface area contributed by atoms with Crippen LogP contribution in [0.3, 0.4) is 0 Å². The molecule has 0 fully saturated rings. The zero-order chi connectivity index (χ0) is 7.11. The topological polar surface area (TPSA) is 23.8 Å². The lowest BCUT2D eigenvalue weighted by Gasteiger charge is -1.96. The van der Waals surface area contributed by atoms with Crippen molar-refractivity contribution in [1.82, 2.24) is 0 Å². The number of allylic oxidation sites excluding steroid dienone is 2. The van der Waals surface area contributed by atoms with Crippen molar-refractivity contribution in [3.05, 3.63) is 11.6 Å². The molecule has 0 bridgehead atoms. The highest BCUT2D eigenvalue weighted by molar-refractivity contribution is 5.12. The van der Waals surface area contributed by atoms with Crippen LogP contribution in [-0.4, -0.2) is 0 Å². The summed E-state index contributed by atoms with van der Waals surface area (Å²) in [6.45, 7) is 4.21. The average Bonchev–Trinajstić information content (AvgIpc) is 1.88.